The van der Waals surface area contributed by atoms with Crippen LogP contribution >= 0.6 is 0 Å². The zero-order valence-electron chi connectivity index (χ0n) is 52.5. The number of nitrogens with zero attached hydrogens (tertiary/aromatic N) is 12. The van der Waals surface area contributed by atoms with E-state index >= 15 is 0 Å². The molecule has 10 rings (SSSR count). The van der Waals surface area contributed by atoms with Crippen molar-refractivity contribution < 1.29 is 36.7 Å². The highest BCUT2D eigenvalue weighted by molar-refractivity contribution is 7.92. The van der Waals surface area contributed by atoms with Gasteiger partial charge in [-0.2, -0.15) is 5.10 Å². The Morgan fingerprint density at radius 3 is 2.23 bits per heavy atom. The van der Waals surface area contributed by atoms with Crippen LogP contribution in [-0.2, 0) is 31.2 Å². The Balaban J connectivity index is 0.728. The molecule has 466 valence electrons. The molecule has 21 nitrogen and oxygen atoms in total. The molecule has 4 aliphatic rings. The van der Waals surface area contributed by atoms with Crippen molar-refractivity contribution >= 4 is 61.8 Å². The third-order valence-electron chi connectivity index (χ3n) is 17.3. The van der Waals surface area contributed by atoms with Crippen LogP contribution in [0, 0.1) is 19.7 Å². The lowest BCUT2D eigenvalue weighted by Gasteiger charge is -2.48. The van der Waals surface area contributed by atoms with Gasteiger partial charge in [0.05, 0.1) is 40.4 Å². The fourth-order valence-electron chi connectivity index (χ4n) is 12.1. The van der Waals surface area contributed by atoms with Gasteiger partial charge in [0, 0.05) is 137 Å². The molecule has 0 saturated carbocycles. The quantitative estimate of drug-likeness (QED) is 0.0873. The second-order valence-electron chi connectivity index (χ2n) is 26.6. The van der Waals surface area contributed by atoms with Crippen molar-refractivity contribution in [2.75, 3.05) is 107 Å². The van der Waals surface area contributed by atoms with Crippen molar-refractivity contribution in [3.63, 3.8) is 0 Å². The molecule has 23 heteroatoms. The average molecular weight is 1210 g/mol. The molecule has 4 aromatic heterocycles. The minimum absolute atomic E-state index is 0.0272. The normalized spacial score (nSPS) is 19.8. The van der Waals surface area contributed by atoms with Gasteiger partial charge in [-0.15, -0.1) is 0 Å². The van der Waals surface area contributed by atoms with E-state index in [1.165, 1.54) is 18.5 Å². The fraction of sp³-hybridized carbons (Fsp3) is 0.531. The van der Waals surface area contributed by atoms with Crippen LogP contribution in [0.4, 0.5) is 32.3 Å². The maximum atomic E-state index is 14.7. The molecule has 3 saturated heterocycles. The highest BCUT2D eigenvalue weighted by Crippen LogP contribution is 2.41. The molecule has 3 atom stereocenters. The zero-order valence-corrected chi connectivity index (χ0v) is 53.3. The Labute approximate surface area is 510 Å². The van der Waals surface area contributed by atoms with Crippen LogP contribution in [0.3, 0.4) is 0 Å². The summed E-state index contributed by atoms with van der Waals surface area (Å²) in [6.07, 6.45) is 5.79. The predicted octanol–water partition coefficient (Wildman–Crippen LogP) is 8.18. The molecule has 0 aliphatic carbocycles. The van der Waals surface area contributed by atoms with Gasteiger partial charge in [0.15, 0.2) is 15.7 Å². The van der Waals surface area contributed by atoms with Crippen LogP contribution in [0.5, 0.6) is 5.75 Å². The summed E-state index contributed by atoms with van der Waals surface area (Å²) in [7, 11) is -3.85. The molecule has 0 spiro atoms. The molecule has 0 unspecified atom stereocenters. The first kappa shape index (κ1) is 62.7. The number of rotatable bonds is 16. The van der Waals surface area contributed by atoms with Crippen LogP contribution in [0.2, 0.25) is 0 Å². The third-order valence-corrected chi connectivity index (χ3v) is 19.8. The van der Waals surface area contributed by atoms with Crippen molar-refractivity contribution in [2.45, 2.75) is 135 Å². The number of aromatic nitrogens is 6. The van der Waals surface area contributed by atoms with Crippen molar-refractivity contribution in [3.8, 4) is 5.75 Å². The summed E-state index contributed by atoms with van der Waals surface area (Å²) >= 11 is 0. The van der Waals surface area contributed by atoms with Crippen LogP contribution in [0.1, 0.15) is 114 Å². The first-order chi connectivity index (χ1) is 41.1. The summed E-state index contributed by atoms with van der Waals surface area (Å²) in [4.78, 5) is 75.7. The Kier molecular flexibility index (Phi) is 18.0. The van der Waals surface area contributed by atoms with E-state index in [0.717, 1.165) is 46.1 Å². The SMILES string of the molecule is Cc1[nH]nc(Nc2ncnc3cc(OCCCN4CCN(C(=O)c5ccc(N6CCN(C[C@H]7CN(C(=O)OC(C)(C)C)[C@H](C)CN7CC(=O)N7CC(C)(C)c8ncc(Cc9ccc(F)cc9)cc87)[C@H](C)C6)nc5)CC4)c(S(=O)(=O)C(C)(C)C)cc23)c1C. The summed E-state index contributed by atoms with van der Waals surface area (Å²) < 4.78 is 52.9. The van der Waals surface area contributed by atoms with Gasteiger partial charge in [0.25, 0.3) is 5.91 Å². The van der Waals surface area contributed by atoms with Gasteiger partial charge in [0.2, 0.25) is 5.91 Å². The first-order valence-corrected chi connectivity index (χ1v) is 31.8. The zero-order chi connectivity index (χ0) is 62.3. The lowest BCUT2D eigenvalue weighted by Crippen LogP contribution is -2.65. The molecule has 87 heavy (non-hydrogen) atoms. The van der Waals surface area contributed by atoms with Gasteiger partial charge in [-0.3, -0.25) is 34.4 Å². The number of hydrogen-bond acceptors (Lipinski definition) is 17. The maximum Gasteiger partial charge on any atom is 0.410 e. The second kappa shape index (κ2) is 25.0. The minimum Gasteiger partial charge on any atom is -0.492 e. The van der Waals surface area contributed by atoms with Gasteiger partial charge in [-0.05, 0) is 130 Å². The number of anilines is 4. The van der Waals surface area contributed by atoms with Gasteiger partial charge >= 0.3 is 6.09 Å². The van der Waals surface area contributed by atoms with Crippen molar-refractivity contribution in [1.29, 1.82) is 0 Å². The number of hydrogen-bond donors (Lipinski definition) is 2. The summed E-state index contributed by atoms with van der Waals surface area (Å²) in [6.45, 7) is 30.6. The van der Waals surface area contributed by atoms with Crippen LogP contribution in [0.15, 0.2) is 78.2 Å². The fourth-order valence-corrected chi connectivity index (χ4v) is 13.4. The number of nitrogens with one attached hydrogen (secondary N) is 2. The number of pyridine rings is 2. The van der Waals surface area contributed by atoms with Gasteiger partial charge < -0.3 is 34.4 Å². The maximum absolute atomic E-state index is 14.7. The van der Waals surface area contributed by atoms with Crippen molar-refractivity contribution in [3.05, 3.63) is 113 Å². The number of sulfone groups is 1. The number of halogens is 1. The van der Waals surface area contributed by atoms with Gasteiger partial charge in [0.1, 0.15) is 40.0 Å². The largest absolute Gasteiger partial charge is 0.492 e. The van der Waals surface area contributed by atoms with Gasteiger partial charge in [-0.25, -0.2) is 32.6 Å². The molecule has 4 aliphatic heterocycles. The topological polar surface area (TPSA) is 219 Å². The Morgan fingerprint density at radius 1 is 0.816 bits per heavy atom. The Morgan fingerprint density at radius 2 is 1.56 bits per heavy atom. The minimum atomic E-state index is -3.85. The number of carbonyl (C=O) groups excluding carboxylic acids is 3. The van der Waals surface area contributed by atoms with Crippen LogP contribution in [-0.4, -0.2) is 201 Å². The smallest absolute Gasteiger partial charge is 0.410 e. The second-order valence-corrected chi connectivity index (χ2v) is 29.2. The highest BCUT2D eigenvalue weighted by Gasteiger charge is 2.44. The molecular weight excluding hydrogens is 1130 g/mol. The van der Waals surface area contributed by atoms with E-state index < -0.39 is 20.2 Å². The first-order valence-electron chi connectivity index (χ1n) is 30.3. The average Bonchev–Trinajstić information content (AvgIpc) is 2.05. The van der Waals surface area contributed by atoms with E-state index in [-0.39, 0.29) is 71.1 Å². The number of amides is 3. The van der Waals surface area contributed by atoms with E-state index in [9.17, 15) is 27.2 Å². The van der Waals surface area contributed by atoms with E-state index in [1.54, 1.807) is 51.2 Å². The number of aromatic amines is 1. The summed E-state index contributed by atoms with van der Waals surface area (Å²) in [5.41, 5.74) is 5.42. The molecule has 2 aromatic carbocycles. The highest BCUT2D eigenvalue weighted by atomic mass is 32.2. The predicted molar refractivity (Wildman–Crippen MR) is 334 cm³/mol. The molecule has 6 aromatic rings. The summed E-state index contributed by atoms with van der Waals surface area (Å²) in [5, 5.41) is 11.1. The molecular formula is C64H85FN14O7S. The third kappa shape index (κ3) is 14.0. The Bertz CT molecular complexity index is 3600. The number of piperazine rings is 3. The number of aryl methyl sites for hydroxylation is 1. The number of carbonyl (C=O) groups is 3. The summed E-state index contributed by atoms with van der Waals surface area (Å²) in [5.74, 6) is 1.67. The van der Waals surface area contributed by atoms with Crippen molar-refractivity contribution in [2.24, 2.45) is 0 Å². The van der Waals surface area contributed by atoms with Crippen molar-refractivity contribution in [1.82, 2.24) is 54.6 Å². The number of benzene rings is 2. The molecule has 0 radical (unpaired) electrons. The number of fused-ring (bicyclic) bond motifs is 2. The monoisotopic (exact) mass is 1210 g/mol. The van der Waals surface area contributed by atoms with E-state index in [2.05, 4.69) is 71.9 Å². The van der Waals surface area contributed by atoms with E-state index in [0.29, 0.717) is 113 Å². The molecule has 3 fully saturated rings. The van der Waals surface area contributed by atoms with Crippen LogP contribution < -0.4 is 19.9 Å². The summed E-state index contributed by atoms with van der Waals surface area (Å²) in [6, 6.07) is 15.3. The molecule has 3 amide bonds. The van der Waals surface area contributed by atoms with E-state index in [1.807, 2.05) is 74.6 Å². The lowest BCUT2D eigenvalue weighted by molar-refractivity contribution is -0.121. The van der Waals surface area contributed by atoms with Gasteiger partial charge in [-0.1, -0.05) is 26.0 Å². The standard InChI is InChI=1S/C64H85FN14O7S/c1-41-34-76(26-25-75(41)36-49-37-78(61(82)86-62(5,6)7)42(2)35-77(49)38-56(80)79-39-64(11,12)57-52(79)29-46(32-67-57)28-45-14-17-48(65)18-15-45)55-19-16-47(33-66-55)60(81)74-23-21-73(22-24-74)20-13-27-85-53-31-51-50(30-54(53)87(83,84)63(8,9)10)59(69-40-68-51)70-58-43(3)44(4)71-72-58/h14-19,29-33,40-42,49H,13,20-28,34-39H2,1-12H3,(H2,68,69,70,71,72)/t41-,42-,49+/m1/s1. The molecule has 8 heterocycles. The molecule has 0 bridgehead atoms. The number of H-pyrrole nitrogens is 1. The van der Waals surface area contributed by atoms with Crippen LogP contribution in [0.25, 0.3) is 10.9 Å². The number of ether oxygens (including phenoxy) is 2. The Hall–Kier alpha value is -7.34. The molecule has 2 N–H and O–H groups in total. The van der Waals surface area contributed by atoms with E-state index in [4.69, 9.17) is 19.4 Å². The lowest BCUT2D eigenvalue weighted by atomic mass is 9.91.